The molecule has 0 unspecified atom stereocenters. The SMILES string of the molecule is CC(=O)N1CCN(C(=O)c2ccc(N)cc2C(F)(F)F)CC1. The highest BCUT2D eigenvalue weighted by Gasteiger charge is 2.37. The number of amides is 2. The van der Waals surface area contributed by atoms with Crippen LogP contribution in [0, 0.1) is 0 Å². The first kappa shape index (κ1) is 16.1. The van der Waals surface area contributed by atoms with Crippen molar-refractivity contribution >= 4 is 17.5 Å². The third-order valence-electron chi connectivity index (χ3n) is 3.59. The number of nitrogens with zero attached hydrogens (tertiary/aromatic N) is 2. The molecule has 8 heteroatoms. The number of benzene rings is 1. The lowest BCUT2D eigenvalue weighted by atomic mass is 10.0. The number of rotatable bonds is 1. The fourth-order valence-corrected chi connectivity index (χ4v) is 2.38. The number of anilines is 1. The van der Waals surface area contributed by atoms with Gasteiger partial charge in [-0.25, -0.2) is 0 Å². The summed E-state index contributed by atoms with van der Waals surface area (Å²) in [6.07, 6.45) is -4.65. The first-order valence-electron chi connectivity index (χ1n) is 6.71. The van der Waals surface area contributed by atoms with Gasteiger partial charge in [0.25, 0.3) is 5.91 Å². The van der Waals surface area contributed by atoms with Gasteiger partial charge >= 0.3 is 6.18 Å². The van der Waals surface area contributed by atoms with E-state index in [2.05, 4.69) is 0 Å². The van der Waals surface area contributed by atoms with Crippen molar-refractivity contribution in [1.29, 1.82) is 0 Å². The van der Waals surface area contributed by atoms with Gasteiger partial charge in [-0.1, -0.05) is 0 Å². The smallest absolute Gasteiger partial charge is 0.399 e. The third-order valence-corrected chi connectivity index (χ3v) is 3.59. The monoisotopic (exact) mass is 315 g/mol. The Hall–Kier alpha value is -2.25. The number of alkyl halides is 3. The molecule has 2 amide bonds. The Balaban J connectivity index is 2.22. The van der Waals surface area contributed by atoms with Crippen LogP contribution in [0.1, 0.15) is 22.8 Å². The van der Waals surface area contributed by atoms with Crippen molar-refractivity contribution < 1.29 is 22.8 Å². The normalized spacial score (nSPS) is 15.8. The molecule has 1 saturated heterocycles. The second kappa shape index (κ2) is 5.86. The number of nitrogen functional groups attached to an aromatic ring is 1. The van der Waals surface area contributed by atoms with E-state index in [4.69, 9.17) is 5.73 Å². The Morgan fingerprint density at radius 3 is 2.14 bits per heavy atom. The fraction of sp³-hybridized carbons (Fsp3) is 0.429. The highest BCUT2D eigenvalue weighted by Crippen LogP contribution is 2.34. The van der Waals surface area contributed by atoms with Crippen LogP contribution in [0.5, 0.6) is 0 Å². The minimum atomic E-state index is -4.65. The molecule has 5 nitrogen and oxygen atoms in total. The number of carbonyl (C=O) groups excluding carboxylic acids is 2. The van der Waals surface area contributed by atoms with Gasteiger partial charge in [-0.05, 0) is 18.2 Å². The Kier molecular flexibility index (Phi) is 4.30. The number of hydrogen-bond donors (Lipinski definition) is 1. The summed E-state index contributed by atoms with van der Waals surface area (Å²) in [6.45, 7) is 2.47. The van der Waals surface area contributed by atoms with Crippen molar-refractivity contribution in [3.05, 3.63) is 29.3 Å². The highest BCUT2D eigenvalue weighted by molar-refractivity contribution is 5.96. The molecule has 1 aliphatic heterocycles. The molecular formula is C14H16F3N3O2. The van der Waals surface area contributed by atoms with Crippen molar-refractivity contribution in [3.8, 4) is 0 Å². The summed E-state index contributed by atoms with van der Waals surface area (Å²) in [5.41, 5.74) is 3.88. The van der Waals surface area contributed by atoms with Gasteiger partial charge in [0.2, 0.25) is 5.91 Å². The lowest BCUT2D eigenvalue weighted by Crippen LogP contribution is -2.50. The van der Waals surface area contributed by atoms with E-state index >= 15 is 0 Å². The predicted molar refractivity (Wildman–Crippen MR) is 74.0 cm³/mol. The molecule has 1 aromatic rings. The molecule has 1 aromatic carbocycles. The summed E-state index contributed by atoms with van der Waals surface area (Å²) < 4.78 is 39.1. The molecule has 0 radical (unpaired) electrons. The van der Waals surface area contributed by atoms with Crippen molar-refractivity contribution in [2.45, 2.75) is 13.1 Å². The Morgan fingerprint density at radius 1 is 1.09 bits per heavy atom. The average Bonchev–Trinajstić information content (AvgIpc) is 2.45. The van der Waals surface area contributed by atoms with Crippen molar-refractivity contribution in [1.82, 2.24) is 9.80 Å². The van der Waals surface area contributed by atoms with Gasteiger partial charge in [0, 0.05) is 38.8 Å². The van der Waals surface area contributed by atoms with Crippen LogP contribution in [0.25, 0.3) is 0 Å². The van der Waals surface area contributed by atoms with Crippen LogP contribution < -0.4 is 5.73 Å². The summed E-state index contributed by atoms with van der Waals surface area (Å²) in [7, 11) is 0. The van der Waals surface area contributed by atoms with Crippen LogP contribution in [0.2, 0.25) is 0 Å². The second-order valence-corrected chi connectivity index (χ2v) is 5.10. The number of carbonyl (C=O) groups is 2. The molecule has 0 aromatic heterocycles. The molecule has 0 aliphatic carbocycles. The summed E-state index contributed by atoms with van der Waals surface area (Å²) >= 11 is 0. The maximum Gasteiger partial charge on any atom is 0.417 e. The molecule has 120 valence electrons. The topological polar surface area (TPSA) is 66.6 Å². The minimum absolute atomic E-state index is 0.0507. The van der Waals surface area contributed by atoms with Crippen LogP contribution in [0.4, 0.5) is 18.9 Å². The van der Waals surface area contributed by atoms with Crippen LogP contribution in [0.3, 0.4) is 0 Å². The van der Waals surface area contributed by atoms with E-state index in [9.17, 15) is 22.8 Å². The van der Waals surface area contributed by atoms with Gasteiger partial charge in [-0.3, -0.25) is 9.59 Å². The number of nitrogens with two attached hydrogens (primary N) is 1. The molecular weight excluding hydrogens is 299 g/mol. The molecule has 0 spiro atoms. The molecule has 0 bridgehead atoms. The van der Waals surface area contributed by atoms with Crippen LogP contribution in [0.15, 0.2) is 18.2 Å². The predicted octanol–water partition coefficient (Wildman–Crippen LogP) is 1.59. The molecule has 1 aliphatic rings. The zero-order chi connectivity index (χ0) is 16.5. The lowest BCUT2D eigenvalue weighted by Gasteiger charge is -2.34. The van der Waals surface area contributed by atoms with Gasteiger partial charge < -0.3 is 15.5 Å². The van der Waals surface area contributed by atoms with E-state index < -0.39 is 23.2 Å². The molecule has 0 saturated carbocycles. The zero-order valence-corrected chi connectivity index (χ0v) is 12.0. The molecule has 0 atom stereocenters. The van der Waals surface area contributed by atoms with Gasteiger partial charge in [0.15, 0.2) is 0 Å². The zero-order valence-electron chi connectivity index (χ0n) is 12.0. The van der Waals surface area contributed by atoms with Crippen molar-refractivity contribution in [2.75, 3.05) is 31.9 Å². The Bertz CT molecular complexity index is 593. The molecule has 2 N–H and O–H groups in total. The molecule has 1 heterocycles. The highest BCUT2D eigenvalue weighted by atomic mass is 19.4. The Labute approximate surface area is 125 Å². The van der Waals surface area contributed by atoms with Gasteiger partial charge in [-0.2, -0.15) is 13.2 Å². The summed E-state index contributed by atoms with van der Waals surface area (Å²) in [6, 6.07) is 3.13. The van der Waals surface area contributed by atoms with E-state index in [0.717, 1.165) is 12.1 Å². The Morgan fingerprint density at radius 2 is 1.64 bits per heavy atom. The molecule has 22 heavy (non-hydrogen) atoms. The number of halogens is 3. The first-order chi connectivity index (χ1) is 10.2. The molecule has 2 rings (SSSR count). The average molecular weight is 315 g/mol. The fourth-order valence-electron chi connectivity index (χ4n) is 2.38. The number of hydrogen-bond acceptors (Lipinski definition) is 3. The molecule has 1 fully saturated rings. The minimum Gasteiger partial charge on any atom is -0.399 e. The third kappa shape index (κ3) is 3.32. The quantitative estimate of drug-likeness (QED) is 0.800. The second-order valence-electron chi connectivity index (χ2n) is 5.10. The van der Waals surface area contributed by atoms with Crippen molar-refractivity contribution in [3.63, 3.8) is 0 Å². The van der Waals surface area contributed by atoms with Crippen LogP contribution in [-0.2, 0) is 11.0 Å². The van der Waals surface area contributed by atoms with E-state index in [1.54, 1.807) is 4.90 Å². The summed E-state index contributed by atoms with van der Waals surface area (Å²) in [5.74, 6) is -0.814. The van der Waals surface area contributed by atoms with E-state index in [-0.39, 0.29) is 24.7 Å². The van der Waals surface area contributed by atoms with E-state index in [1.807, 2.05) is 0 Å². The first-order valence-corrected chi connectivity index (χ1v) is 6.71. The maximum atomic E-state index is 13.0. The largest absolute Gasteiger partial charge is 0.417 e. The van der Waals surface area contributed by atoms with E-state index in [1.165, 1.54) is 17.9 Å². The van der Waals surface area contributed by atoms with E-state index in [0.29, 0.717) is 13.1 Å². The van der Waals surface area contributed by atoms with Crippen LogP contribution in [-0.4, -0.2) is 47.8 Å². The maximum absolute atomic E-state index is 13.0. The summed E-state index contributed by atoms with van der Waals surface area (Å²) in [4.78, 5) is 26.4. The summed E-state index contributed by atoms with van der Waals surface area (Å²) in [5, 5.41) is 0. The van der Waals surface area contributed by atoms with Crippen molar-refractivity contribution in [2.24, 2.45) is 0 Å². The lowest BCUT2D eigenvalue weighted by molar-refractivity contribution is -0.138. The van der Waals surface area contributed by atoms with Crippen LogP contribution >= 0.6 is 0 Å². The number of piperazine rings is 1. The van der Waals surface area contributed by atoms with Gasteiger partial charge in [0.1, 0.15) is 0 Å². The van der Waals surface area contributed by atoms with Gasteiger partial charge in [-0.15, -0.1) is 0 Å². The standard InChI is InChI=1S/C14H16F3N3O2/c1-9(21)19-4-6-20(7-5-19)13(22)11-3-2-10(18)8-12(11)14(15,16)17/h2-3,8H,4-7,18H2,1H3. The van der Waals surface area contributed by atoms with Gasteiger partial charge in [0.05, 0.1) is 11.1 Å².